The first kappa shape index (κ1) is 13.9. The maximum Gasteiger partial charge on any atom is 0.122 e. The van der Waals surface area contributed by atoms with Gasteiger partial charge in [-0.05, 0) is 43.2 Å². The minimum absolute atomic E-state index is 0.129. The van der Waals surface area contributed by atoms with Crippen molar-refractivity contribution in [2.75, 3.05) is 6.61 Å². The monoisotopic (exact) mass is 275 g/mol. The predicted octanol–water partition coefficient (Wildman–Crippen LogP) is 4.04. The van der Waals surface area contributed by atoms with Gasteiger partial charge in [-0.15, -0.1) is 0 Å². The second-order valence-electron chi connectivity index (χ2n) is 4.74. The van der Waals surface area contributed by atoms with E-state index in [1.807, 2.05) is 37.3 Å². The topological polar surface area (TPSA) is 35.2 Å². The zero-order chi connectivity index (χ0) is 13.8. The molecule has 0 saturated heterocycles. The van der Waals surface area contributed by atoms with Crippen molar-refractivity contribution in [3.8, 4) is 5.75 Å². The Morgan fingerprint density at radius 2 is 1.79 bits per heavy atom. The Labute approximate surface area is 119 Å². The molecule has 2 rings (SSSR count). The Balaban J connectivity index is 2.00. The van der Waals surface area contributed by atoms with Crippen molar-refractivity contribution in [1.29, 1.82) is 0 Å². The first-order valence-corrected chi connectivity index (χ1v) is 6.65. The van der Waals surface area contributed by atoms with E-state index in [1.54, 1.807) is 0 Å². The minimum Gasteiger partial charge on any atom is -0.491 e. The highest BCUT2D eigenvalue weighted by Gasteiger charge is 2.08. The highest BCUT2D eigenvalue weighted by molar-refractivity contribution is 6.30. The number of benzene rings is 2. The molecule has 0 aliphatic rings. The van der Waals surface area contributed by atoms with E-state index in [2.05, 4.69) is 19.1 Å². The molecule has 0 fully saturated rings. The fourth-order valence-corrected chi connectivity index (χ4v) is 2.09. The molecule has 1 atom stereocenters. The third-order valence-electron chi connectivity index (χ3n) is 3.06. The van der Waals surface area contributed by atoms with Crippen LogP contribution >= 0.6 is 11.6 Å². The van der Waals surface area contributed by atoms with Gasteiger partial charge >= 0.3 is 0 Å². The Bertz CT molecular complexity index is 551. The highest BCUT2D eigenvalue weighted by Crippen LogP contribution is 2.23. The standard InChI is InChI=1S/C16H18ClNO/c1-11-3-5-13(6-4-11)15(18)10-19-16-8-7-14(17)9-12(16)2/h3-9,15H,10,18H2,1-2H3. The fraction of sp³-hybridized carbons (Fsp3) is 0.250. The zero-order valence-corrected chi connectivity index (χ0v) is 11.9. The summed E-state index contributed by atoms with van der Waals surface area (Å²) in [4.78, 5) is 0. The lowest BCUT2D eigenvalue weighted by atomic mass is 10.1. The van der Waals surface area contributed by atoms with E-state index in [-0.39, 0.29) is 6.04 Å². The molecule has 0 heterocycles. The molecular formula is C16H18ClNO. The molecule has 2 aromatic carbocycles. The van der Waals surface area contributed by atoms with Crippen LogP contribution in [0.1, 0.15) is 22.7 Å². The zero-order valence-electron chi connectivity index (χ0n) is 11.2. The molecule has 0 bridgehead atoms. The molecule has 2 aromatic rings. The van der Waals surface area contributed by atoms with E-state index < -0.39 is 0 Å². The molecule has 0 saturated carbocycles. The van der Waals surface area contributed by atoms with Gasteiger partial charge in [0.1, 0.15) is 12.4 Å². The summed E-state index contributed by atoms with van der Waals surface area (Å²) in [6.07, 6.45) is 0. The third kappa shape index (κ3) is 3.72. The van der Waals surface area contributed by atoms with Crippen molar-refractivity contribution < 1.29 is 4.74 Å². The number of halogens is 1. The molecule has 3 heteroatoms. The van der Waals surface area contributed by atoms with E-state index in [4.69, 9.17) is 22.1 Å². The van der Waals surface area contributed by atoms with Crippen molar-refractivity contribution >= 4 is 11.6 Å². The van der Waals surface area contributed by atoms with E-state index in [0.29, 0.717) is 11.6 Å². The molecule has 0 amide bonds. The highest BCUT2D eigenvalue weighted by atomic mass is 35.5. The van der Waals surface area contributed by atoms with Crippen LogP contribution in [0.3, 0.4) is 0 Å². The van der Waals surface area contributed by atoms with E-state index in [0.717, 1.165) is 16.9 Å². The van der Waals surface area contributed by atoms with E-state index in [9.17, 15) is 0 Å². The first-order chi connectivity index (χ1) is 9.06. The molecule has 2 N–H and O–H groups in total. The number of hydrogen-bond donors (Lipinski definition) is 1. The molecule has 2 nitrogen and oxygen atoms in total. The van der Waals surface area contributed by atoms with Crippen LogP contribution in [0, 0.1) is 13.8 Å². The van der Waals surface area contributed by atoms with Crippen LogP contribution in [0.4, 0.5) is 0 Å². The lowest BCUT2D eigenvalue weighted by Crippen LogP contribution is -2.19. The molecule has 0 aromatic heterocycles. The summed E-state index contributed by atoms with van der Waals surface area (Å²) in [5.74, 6) is 0.826. The molecule has 0 spiro atoms. The summed E-state index contributed by atoms with van der Waals surface area (Å²) in [6, 6.07) is 13.6. The van der Waals surface area contributed by atoms with Gasteiger partial charge in [-0.25, -0.2) is 0 Å². The van der Waals surface area contributed by atoms with Crippen LogP contribution in [0.15, 0.2) is 42.5 Å². The van der Waals surface area contributed by atoms with Gasteiger partial charge < -0.3 is 10.5 Å². The van der Waals surface area contributed by atoms with Gasteiger partial charge in [0, 0.05) is 5.02 Å². The van der Waals surface area contributed by atoms with Crippen molar-refractivity contribution in [2.24, 2.45) is 5.73 Å². The van der Waals surface area contributed by atoms with Gasteiger partial charge in [0.05, 0.1) is 6.04 Å². The second kappa shape index (κ2) is 6.09. The van der Waals surface area contributed by atoms with Crippen LogP contribution in [0.5, 0.6) is 5.75 Å². The summed E-state index contributed by atoms with van der Waals surface area (Å²) in [5, 5.41) is 0.715. The predicted molar refractivity (Wildman–Crippen MR) is 79.8 cm³/mol. The van der Waals surface area contributed by atoms with Gasteiger partial charge in [-0.2, -0.15) is 0 Å². The molecule has 0 aliphatic heterocycles. The molecule has 19 heavy (non-hydrogen) atoms. The quantitative estimate of drug-likeness (QED) is 0.914. The van der Waals surface area contributed by atoms with Gasteiger partial charge in [0.25, 0.3) is 0 Å². The maximum atomic E-state index is 6.12. The van der Waals surface area contributed by atoms with Gasteiger partial charge in [0.15, 0.2) is 0 Å². The second-order valence-corrected chi connectivity index (χ2v) is 5.17. The summed E-state index contributed by atoms with van der Waals surface area (Å²) in [5.41, 5.74) is 9.45. The Morgan fingerprint density at radius 3 is 2.42 bits per heavy atom. The van der Waals surface area contributed by atoms with Crippen LogP contribution in [0.25, 0.3) is 0 Å². The summed E-state index contributed by atoms with van der Waals surface area (Å²) < 4.78 is 5.75. The van der Waals surface area contributed by atoms with Crippen molar-refractivity contribution in [3.05, 3.63) is 64.2 Å². The third-order valence-corrected chi connectivity index (χ3v) is 3.30. The van der Waals surface area contributed by atoms with E-state index >= 15 is 0 Å². The Kier molecular flexibility index (Phi) is 4.46. The fourth-order valence-electron chi connectivity index (χ4n) is 1.86. The average Bonchev–Trinajstić information content (AvgIpc) is 2.38. The van der Waals surface area contributed by atoms with Crippen LogP contribution in [-0.4, -0.2) is 6.61 Å². The van der Waals surface area contributed by atoms with Crippen molar-refractivity contribution in [3.63, 3.8) is 0 Å². The SMILES string of the molecule is Cc1ccc(C(N)COc2ccc(Cl)cc2C)cc1. The number of ether oxygens (including phenoxy) is 1. The Morgan fingerprint density at radius 1 is 1.11 bits per heavy atom. The van der Waals surface area contributed by atoms with Crippen molar-refractivity contribution in [2.45, 2.75) is 19.9 Å². The number of aryl methyl sites for hydroxylation is 2. The largest absolute Gasteiger partial charge is 0.491 e. The number of hydrogen-bond acceptors (Lipinski definition) is 2. The van der Waals surface area contributed by atoms with Crippen molar-refractivity contribution in [1.82, 2.24) is 0 Å². The minimum atomic E-state index is -0.129. The van der Waals surface area contributed by atoms with Gasteiger partial charge in [-0.3, -0.25) is 0 Å². The van der Waals surface area contributed by atoms with E-state index in [1.165, 1.54) is 5.56 Å². The smallest absolute Gasteiger partial charge is 0.122 e. The van der Waals surface area contributed by atoms with Crippen LogP contribution < -0.4 is 10.5 Å². The molecule has 0 radical (unpaired) electrons. The lowest BCUT2D eigenvalue weighted by molar-refractivity contribution is 0.289. The molecule has 100 valence electrons. The normalized spacial score (nSPS) is 12.2. The maximum absolute atomic E-state index is 6.12. The number of rotatable bonds is 4. The molecule has 1 unspecified atom stereocenters. The van der Waals surface area contributed by atoms with Crippen LogP contribution in [-0.2, 0) is 0 Å². The Hall–Kier alpha value is -1.51. The summed E-state index contributed by atoms with van der Waals surface area (Å²) in [6.45, 7) is 4.48. The van der Waals surface area contributed by atoms with Gasteiger partial charge in [0.2, 0.25) is 0 Å². The summed E-state index contributed by atoms with van der Waals surface area (Å²) in [7, 11) is 0. The van der Waals surface area contributed by atoms with Gasteiger partial charge in [-0.1, -0.05) is 41.4 Å². The first-order valence-electron chi connectivity index (χ1n) is 6.27. The number of nitrogens with two attached hydrogens (primary N) is 1. The van der Waals surface area contributed by atoms with Crippen LogP contribution in [0.2, 0.25) is 5.02 Å². The lowest BCUT2D eigenvalue weighted by Gasteiger charge is -2.15. The average molecular weight is 276 g/mol. The molecular weight excluding hydrogens is 258 g/mol. The summed E-state index contributed by atoms with van der Waals surface area (Å²) >= 11 is 5.91. The molecule has 0 aliphatic carbocycles.